The number of para-hydroxylation sites is 2. The second kappa shape index (κ2) is 10.9. The Balaban J connectivity index is 1.87. The number of rotatable bonds is 9. The Hall–Kier alpha value is -3.49. The van der Waals surface area contributed by atoms with Crippen LogP contribution in [0.3, 0.4) is 0 Å². The van der Waals surface area contributed by atoms with E-state index in [2.05, 4.69) is 10.6 Å². The Labute approximate surface area is 173 Å². The van der Waals surface area contributed by atoms with Gasteiger partial charge in [0.15, 0.2) is 0 Å². The zero-order chi connectivity index (χ0) is 22.1. The molecule has 2 N–H and O–H groups in total. The molecule has 0 saturated carbocycles. The molecule has 0 spiro atoms. The summed E-state index contributed by atoms with van der Waals surface area (Å²) < 4.78 is 32.4. The van der Waals surface area contributed by atoms with E-state index in [1.54, 1.807) is 31.2 Å². The number of nitrogens with zero attached hydrogens (tertiary/aromatic N) is 1. The lowest BCUT2D eigenvalue weighted by molar-refractivity contribution is -0.134. The van der Waals surface area contributed by atoms with Gasteiger partial charge in [-0.05, 0) is 31.2 Å². The maximum atomic E-state index is 13.6. The fourth-order valence-electron chi connectivity index (χ4n) is 2.71. The summed E-state index contributed by atoms with van der Waals surface area (Å²) in [5, 5.41) is 4.77. The van der Waals surface area contributed by atoms with Crippen LogP contribution in [-0.4, -0.2) is 49.4 Å². The van der Waals surface area contributed by atoms with E-state index in [0.29, 0.717) is 11.3 Å². The number of benzene rings is 2. The third-order valence-electron chi connectivity index (χ3n) is 4.27. The minimum Gasteiger partial charge on any atom is -0.496 e. The van der Waals surface area contributed by atoms with Crippen molar-refractivity contribution in [3.05, 3.63) is 59.7 Å². The van der Waals surface area contributed by atoms with E-state index in [1.807, 2.05) is 0 Å². The van der Waals surface area contributed by atoms with Gasteiger partial charge >= 0.3 is 0 Å². The Morgan fingerprint density at radius 3 is 2.33 bits per heavy atom. The van der Waals surface area contributed by atoms with E-state index in [4.69, 9.17) is 4.74 Å². The molecule has 7 nitrogen and oxygen atoms in total. The first-order chi connectivity index (χ1) is 14.4. The van der Waals surface area contributed by atoms with Crippen LogP contribution in [0, 0.1) is 11.6 Å². The molecule has 0 radical (unpaired) electrons. The van der Waals surface area contributed by atoms with Crippen LogP contribution < -0.4 is 15.4 Å². The molecular weight excluding hydrogens is 396 g/mol. The highest BCUT2D eigenvalue weighted by Crippen LogP contribution is 2.18. The number of likely N-dealkylation sites (N-methyl/N-ethyl adjacent to an activating group) is 1. The van der Waals surface area contributed by atoms with Crippen molar-refractivity contribution in [3.8, 4) is 5.75 Å². The molecule has 0 aromatic heterocycles. The number of methoxy groups -OCH3 is 1. The second-order valence-corrected chi connectivity index (χ2v) is 6.26. The molecule has 0 aliphatic carbocycles. The Morgan fingerprint density at radius 1 is 1.03 bits per heavy atom. The lowest BCUT2D eigenvalue weighted by Gasteiger charge is -2.20. The van der Waals surface area contributed by atoms with Gasteiger partial charge in [-0.3, -0.25) is 14.4 Å². The zero-order valence-corrected chi connectivity index (χ0v) is 16.7. The van der Waals surface area contributed by atoms with Gasteiger partial charge in [-0.15, -0.1) is 0 Å². The average Bonchev–Trinajstić information content (AvgIpc) is 2.74. The summed E-state index contributed by atoms with van der Waals surface area (Å²) in [4.78, 5) is 37.9. The van der Waals surface area contributed by atoms with Gasteiger partial charge in [0, 0.05) is 19.5 Å². The SMILES string of the molecule is CCN(CC(=O)Nc1c(F)cccc1F)C(=O)CCNC(=O)c1ccccc1OC. The predicted molar refractivity (Wildman–Crippen MR) is 107 cm³/mol. The number of nitrogens with one attached hydrogen (secondary N) is 2. The average molecular weight is 419 g/mol. The number of ether oxygens (including phenoxy) is 1. The summed E-state index contributed by atoms with van der Waals surface area (Å²) in [6.45, 7) is 1.56. The first-order valence-electron chi connectivity index (χ1n) is 9.30. The van der Waals surface area contributed by atoms with Crippen molar-refractivity contribution in [1.82, 2.24) is 10.2 Å². The lowest BCUT2D eigenvalue weighted by atomic mass is 10.2. The number of halogens is 2. The van der Waals surface area contributed by atoms with Crippen LogP contribution >= 0.6 is 0 Å². The molecule has 2 aromatic carbocycles. The van der Waals surface area contributed by atoms with E-state index >= 15 is 0 Å². The van der Waals surface area contributed by atoms with Crippen LogP contribution in [0.25, 0.3) is 0 Å². The minimum absolute atomic E-state index is 0.0456. The van der Waals surface area contributed by atoms with Gasteiger partial charge < -0.3 is 20.3 Å². The van der Waals surface area contributed by atoms with Crippen molar-refractivity contribution in [3.63, 3.8) is 0 Å². The predicted octanol–water partition coefficient (Wildman–Crippen LogP) is 2.58. The van der Waals surface area contributed by atoms with Gasteiger partial charge in [-0.25, -0.2) is 8.78 Å². The molecule has 2 aromatic rings. The topological polar surface area (TPSA) is 87.7 Å². The molecule has 9 heteroatoms. The van der Waals surface area contributed by atoms with E-state index in [1.165, 1.54) is 18.1 Å². The van der Waals surface area contributed by atoms with E-state index in [-0.39, 0.29) is 32.0 Å². The van der Waals surface area contributed by atoms with Crippen molar-refractivity contribution in [2.24, 2.45) is 0 Å². The standard InChI is InChI=1S/C21H23F2N3O4/c1-3-26(13-18(27)25-20-15(22)8-6-9-16(20)23)19(28)11-12-24-21(29)14-7-4-5-10-17(14)30-2/h4-10H,3,11-13H2,1-2H3,(H,24,29)(H,25,27). The van der Waals surface area contributed by atoms with Crippen molar-refractivity contribution in [2.75, 3.05) is 32.1 Å². The molecule has 0 fully saturated rings. The minimum atomic E-state index is -0.906. The van der Waals surface area contributed by atoms with Crippen LogP contribution in [0.15, 0.2) is 42.5 Å². The van der Waals surface area contributed by atoms with Crippen LogP contribution in [0.5, 0.6) is 5.75 Å². The fraction of sp³-hybridized carbons (Fsp3) is 0.286. The van der Waals surface area contributed by atoms with Crippen LogP contribution in [0.2, 0.25) is 0 Å². The number of carbonyl (C=O) groups is 3. The highest BCUT2D eigenvalue weighted by Gasteiger charge is 2.18. The molecule has 0 bridgehead atoms. The number of carbonyl (C=O) groups excluding carboxylic acids is 3. The maximum absolute atomic E-state index is 13.6. The molecule has 2 rings (SSSR count). The second-order valence-electron chi connectivity index (χ2n) is 6.26. The van der Waals surface area contributed by atoms with Crippen molar-refractivity contribution < 1.29 is 27.9 Å². The van der Waals surface area contributed by atoms with Crippen molar-refractivity contribution in [2.45, 2.75) is 13.3 Å². The monoisotopic (exact) mass is 419 g/mol. The molecule has 0 aliphatic heterocycles. The van der Waals surface area contributed by atoms with Crippen LogP contribution in [-0.2, 0) is 9.59 Å². The molecule has 160 valence electrons. The molecule has 0 aliphatic rings. The molecule has 0 heterocycles. The fourth-order valence-corrected chi connectivity index (χ4v) is 2.71. The summed E-state index contributed by atoms with van der Waals surface area (Å²) in [7, 11) is 1.45. The maximum Gasteiger partial charge on any atom is 0.255 e. The van der Waals surface area contributed by atoms with Gasteiger partial charge in [-0.2, -0.15) is 0 Å². The molecule has 3 amide bonds. The zero-order valence-electron chi connectivity index (χ0n) is 16.7. The van der Waals surface area contributed by atoms with E-state index < -0.39 is 29.1 Å². The molecule has 0 saturated heterocycles. The highest BCUT2D eigenvalue weighted by molar-refractivity contribution is 5.97. The lowest BCUT2D eigenvalue weighted by Crippen LogP contribution is -2.39. The Morgan fingerprint density at radius 2 is 1.70 bits per heavy atom. The highest BCUT2D eigenvalue weighted by atomic mass is 19.1. The van der Waals surface area contributed by atoms with Gasteiger partial charge in [0.2, 0.25) is 11.8 Å². The number of hydrogen-bond donors (Lipinski definition) is 2. The van der Waals surface area contributed by atoms with Gasteiger partial charge in [0.1, 0.15) is 23.1 Å². The smallest absolute Gasteiger partial charge is 0.255 e. The number of anilines is 1. The Kier molecular flexibility index (Phi) is 8.28. The third kappa shape index (κ3) is 6.00. The van der Waals surface area contributed by atoms with Crippen molar-refractivity contribution >= 4 is 23.4 Å². The van der Waals surface area contributed by atoms with E-state index in [0.717, 1.165) is 12.1 Å². The molecular formula is C21H23F2N3O4. The summed E-state index contributed by atoms with van der Waals surface area (Å²) in [5.41, 5.74) is -0.221. The summed E-state index contributed by atoms with van der Waals surface area (Å²) in [6, 6.07) is 9.89. The van der Waals surface area contributed by atoms with E-state index in [9.17, 15) is 23.2 Å². The van der Waals surface area contributed by atoms with Gasteiger partial charge in [0.05, 0.1) is 19.2 Å². The number of hydrogen-bond acceptors (Lipinski definition) is 4. The van der Waals surface area contributed by atoms with Crippen LogP contribution in [0.4, 0.5) is 14.5 Å². The van der Waals surface area contributed by atoms with Crippen LogP contribution in [0.1, 0.15) is 23.7 Å². The largest absolute Gasteiger partial charge is 0.496 e. The summed E-state index contributed by atoms with van der Waals surface area (Å²) in [6.07, 6.45) is -0.0456. The quantitative estimate of drug-likeness (QED) is 0.654. The summed E-state index contributed by atoms with van der Waals surface area (Å²) >= 11 is 0. The first-order valence-corrected chi connectivity index (χ1v) is 9.30. The molecule has 0 atom stereocenters. The number of amides is 3. The van der Waals surface area contributed by atoms with Crippen molar-refractivity contribution in [1.29, 1.82) is 0 Å². The van der Waals surface area contributed by atoms with Gasteiger partial charge in [-0.1, -0.05) is 18.2 Å². The molecule has 0 unspecified atom stereocenters. The first kappa shape index (κ1) is 22.8. The third-order valence-corrected chi connectivity index (χ3v) is 4.27. The van der Waals surface area contributed by atoms with Gasteiger partial charge in [0.25, 0.3) is 5.91 Å². The normalized spacial score (nSPS) is 10.3. The molecule has 30 heavy (non-hydrogen) atoms. The Bertz CT molecular complexity index is 901. The summed E-state index contributed by atoms with van der Waals surface area (Å²) in [5.74, 6) is -2.91.